The molecule has 2 rings (SSSR count). The van der Waals surface area contributed by atoms with Crippen LogP contribution in [-0.4, -0.2) is 59.4 Å². The lowest BCUT2D eigenvalue weighted by Crippen LogP contribution is -2.41. The molecule has 0 spiro atoms. The normalized spacial score (nSPS) is 21.0. The number of carboxylic acids is 1. The molecule has 0 aromatic carbocycles. The van der Waals surface area contributed by atoms with Gasteiger partial charge in [0.25, 0.3) is 5.91 Å². The van der Waals surface area contributed by atoms with Gasteiger partial charge in [-0.05, 0) is 41.4 Å². The van der Waals surface area contributed by atoms with Crippen LogP contribution in [0.1, 0.15) is 23.9 Å². The number of carboxylic acid groups (broad SMARTS) is 1. The first-order valence-corrected chi connectivity index (χ1v) is 7.54. The van der Waals surface area contributed by atoms with Gasteiger partial charge in [0.2, 0.25) is 5.91 Å². The number of halogens is 1. The molecule has 1 unspecified atom stereocenters. The third kappa shape index (κ3) is 3.32. The minimum absolute atomic E-state index is 0.118. The van der Waals surface area contributed by atoms with Crippen molar-refractivity contribution in [2.75, 3.05) is 26.7 Å². The van der Waals surface area contributed by atoms with Crippen LogP contribution in [0.3, 0.4) is 0 Å². The number of furan rings is 1. The van der Waals surface area contributed by atoms with Crippen molar-refractivity contribution >= 4 is 33.7 Å². The Labute approximate surface area is 136 Å². The molecule has 1 saturated heterocycles. The molecule has 7 nitrogen and oxygen atoms in total. The summed E-state index contributed by atoms with van der Waals surface area (Å²) in [6.07, 6.45) is 0.414. The topological polar surface area (TPSA) is 91.1 Å². The quantitative estimate of drug-likeness (QED) is 0.863. The summed E-state index contributed by atoms with van der Waals surface area (Å²) in [4.78, 5) is 38.2. The van der Waals surface area contributed by atoms with Crippen LogP contribution in [0.5, 0.6) is 0 Å². The van der Waals surface area contributed by atoms with Crippen molar-refractivity contribution in [3.05, 3.63) is 22.6 Å². The molecule has 0 saturated carbocycles. The summed E-state index contributed by atoms with van der Waals surface area (Å²) < 4.78 is 5.60. The van der Waals surface area contributed by atoms with E-state index in [1.807, 2.05) is 0 Å². The molecule has 1 aromatic heterocycles. The lowest BCUT2D eigenvalue weighted by molar-refractivity contribution is -0.147. The Morgan fingerprint density at radius 2 is 2.14 bits per heavy atom. The number of carbonyl (C=O) groups excluding carboxylic acids is 2. The molecule has 1 aliphatic heterocycles. The molecule has 120 valence electrons. The molecule has 1 fully saturated rings. The zero-order valence-corrected chi connectivity index (χ0v) is 13.9. The lowest BCUT2D eigenvalue weighted by Gasteiger charge is -2.23. The zero-order valence-electron chi connectivity index (χ0n) is 12.3. The van der Waals surface area contributed by atoms with Crippen molar-refractivity contribution in [1.29, 1.82) is 0 Å². The van der Waals surface area contributed by atoms with E-state index in [0.717, 1.165) is 0 Å². The van der Waals surface area contributed by atoms with Gasteiger partial charge in [-0.1, -0.05) is 0 Å². The minimum Gasteiger partial charge on any atom is -0.481 e. The van der Waals surface area contributed by atoms with Gasteiger partial charge in [0.1, 0.15) is 0 Å². The zero-order chi connectivity index (χ0) is 16.5. The summed E-state index contributed by atoms with van der Waals surface area (Å²) in [5.41, 5.74) is -0.913. The molecule has 2 amide bonds. The van der Waals surface area contributed by atoms with E-state index in [1.54, 1.807) is 13.0 Å². The third-order valence-corrected chi connectivity index (χ3v) is 4.27. The van der Waals surface area contributed by atoms with Crippen molar-refractivity contribution in [2.45, 2.75) is 13.3 Å². The highest BCUT2D eigenvalue weighted by atomic mass is 79.9. The van der Waals surface area contributed by atoms with Gasteiger partial charge in [-0.2, -0.15) is 0 Å². The Bertz CT molecular complexity index is 614. The molecule has 1 atom stereocenters. The second-order valence-corrected chi connectivity index (χ2v) is 6.48. The number of likely N-dealkylation sites (tertiary alicyclic amines) is 1. The van der Waals surface area contributed by atoms with Crippen molar-refractivity contribution in [2.24, 2.45) is 5.41 Å². The molecular formula is C14H17BrN2O5. The molecule has 8 heteroatoms. The number of hydrogen-bond donors (Lipinski definition) is 1. The van der Waals surface area contributed by atoms with E-state index in [-0.39, 0.29) is 24.8 Å². The fraction of sp³-hybridized carbons (Fsp3) is 0.500. The Balaban J connectivity index is 1.95. The SMILES string of the molecule is CN(CC(=O)N1CCC(C)(C(=O)O)C1)C(=O)c1ccc(Br)o1. The maximum atomic E-state index is 12.2. The molecule has 0 bridgehead atoms. The van der Waals surface area contributed by atoms with Gasteiger partial charge in [-0.3, -0.25) is 14.4 Å². The molecule has 0 aliphatic carbocycles. The van der Waals surface area contributed by atoms with Crippen LogP contribution in [0, 0.1) is 5.41 Å². The van der Waals surface area contributed by atoms with Crippen LogP contribution in [-0.2, 0) is 9.59 Å². The summed E-state index contributed by atoms with van der Waals surface area (Å²) in [5.74, 6) is -1.45. The Morgan fingerprint density at radius 3 is 2.64 bits per heavy atom. The van der Waals surface area contributed by atoms with E-state index in [0.29, 0.717) is 17.6 Å². The summed E-state index contributed by atoms with van der Waals surface area (Å²) in [5, 5.41) is 9.17. The van der Waals surface area contributed by atoms with E-state index < -0.39 is 17.3 Å². The number of likely N-dealkylation sites (N-methyl/N-ethyl adjacent to an activating group) is 1. The van der Waals surface area contributed by atoms with Gasteiger partial charge in [0.15, 0.2) is 10.4 Å². The Kier molecular flexibility index (Phi) is 4.60. The number of carbonyl (C=O) groups is 3. The van der Waals surface area contributed by atoms with Crippen LogP contribution >= 0.6 is 15.9 Å². The van der Waals surface area contributed by atoms with Crippen LogP contribution in [0.25, 0.3) is 0 Å². The van der Waals surface area contributed by atoms with Gasteiger partial charge in [-0.25, -0.2) is 0 Å². The van der Waals surface area contributed by atoms with Gasteiger partial charge < -0.3 is 19.3 Å². The first-order valence-electron chi connectivity index (χ1n) is 6.75. The van der Waals surface area contributed by atoms with E-state index >= 15 is 0 Å². The van der Waals surface area contributed by atoms with Crippen molar-refractivity contribution in [3.8, 4) is 0 Å². The maximum Gasteiger partial charge on any atom is 0.311 e. The largest absolute Gasteiger partial charge is 0.481 e. The minimum atomic E-state index is -0.913. The smallest absolute Gasteiger partial charge is 0.311 e. The van der Waals surface area contributed by atoms with E-state index in [9.17, 15) is 19.5 Å². The first kappa shape index (κ1) is 16.5. The highest BCUT2D eigenvalue weighted by Gasteiger charge is 2.42. The number of amides is 2. The molecule has 1 aromatic rings. The highest BCUT2D eigenvalue weighted by Crippen LogP contribution is 2.30. The predicted octanol–water partition coefficient (Wildman–Crippen LogP) is 1.44. The van der Waals surface area contributed by atoms with Crippen LogP contribution in [0.4, 0.5) is 0 Å². The fourth-order valence-corrected chi connectivity index (χ4v) is 2.65. The van der Waals surface area contributed by atoms with Crippen molar-refractivity contribution < 1.29 is 23.9 Å². The standard InChI is InChI=1S/C14H17BrN2O5/c1-14(13(20)21)5-6-17(8-14)11(18)7-16(2)12(19)9-3-4-10(15)22-9/h3-4H,5-8H2,1-2H3,(H,20,21). The number of hydrogen-bond acceptors (Lipinski definition) is 4. The van der Waals surface area contributed by atoms with E-state index in [2.05, 4.69) is 15.9 Å². The fourth-order valence-electron chi connectivity index (χ4n) is 2.34. The molecule has 22 heavy (non-hydrogen) atoms. The summed E-state index contributed by atoms with van der Waals surface area (Å²) in [6.45, 7) is 2.05. The summed E-state index contributed by atoms with van der Waals surface area (Å²) in [6, 6.07) is 3.12. The Morgan fingerprint density at radius 1 is 1.45 bits per heavy atom. The summed E-state index contributed by atoms with van der Waals surface area (Å²) >= 11 is 3.11. The van der Waals surface area contributed by atoms with Gasteiger partial charge in [0, 0.05) is 20.1 Å². The van der Waals surface area contributed by atoms with Gasteiger partial charge >= 0.3 is 5.97 Å². The van der Waals surface area contributed by atoms with Crippen molar-refractivity contribution in [1.82, 2.24) is 9.80 Å². The number of nitrogens with zero attached hydrogens (tertiary/aromatic N) is 2. The molecule has 0 radical (unpaired) electrons. The average molecular weight is 373 g/mol. The van der Waals surface area contributed by atoms with Crippen molar-refractivity contribution in [3.63, 3.8) is 0 Å². The lowest BCUT2D eigenvalue weighted by atomic mass is 9.90. The number of aliphatic carboxylic acids is 1. The molecule has 1 N–H and O–H groups in total. The third-order valence-electron chi connectivity index (χ3n) is 3.85. The molecule has 1 aliphatic rings. The molecular weight excluding hydrogens is 356 g/mol. The Hall–Kier alpha value is -1.83. The van der Waals surface area contributed by atoms with Gasteiger partial charge in [-0.15, -0.1) is 0 Å². The van der Waals surface area contributed by atoms with E-state index in [4.69, 9.17) is 4.42 Å². The first-order chi connectivity index (χ1) is 10.2. The van der Waals surface area contributed by atoms with Crippen LogP contribution in [0.15, 0.2) is 21.2 Å². The highest BCUT2D eigenvalue weighted by molar-refractivity contribution is 9.10. The second kappa shape index (κ2) is 6.12. The summed E-state index contributed by atoms with van der Waals surface area (Å²) in [7, 11) is 1.50. The number of rotatable bonds is 4. The van der Waals surface area contributed by atoms with Crippen LogP contribution < -0.4 is 0 Å². The molecule has 2 heterocycles. The predicted molar refractivity (Wildman–Crippen MR) is 80.3 cm³/mol. The monoisotopic (exact) mass is 372 g/mol. The van der Waals surface area contributed by atoms with Crippen LogP contribution in [0.2, 0.25) is 0 Å². The maximum absolute atomic E-state index is 12.2. The van der Waals surface area contributed by atoms with E-state index in [1.165, 1.54) is 22.9 Å². The van der Waals surface area contributed by atoms with Gasteiger partial charge in [0.05, 0.1) is 12.0 Å². The average Bonchev–Trinajstić information content (AvgIpc) is 3.05. The second-order valence-electron chi connectivity index (χ2n) is 5.70.